The molecule has 0 fully saturated rings. The monoisotopic (exact) mass is 291 g/mol. The third-order valence-electron chi connectivity index (χ3n) is 2.71. The number of hydrogen-bond acceptors (Lipinski definition) is 2. The van der Waals surface area contributed by atoms with Crippen molar-refractivity contribution in [1.29, 1.82) is 0 Å². The standard InChI is InChI=1S/C11H15Cl2N3O2/c1-11(2,10(14)18)5-15-9(17)7-4-6(12)8(13)16(7)3/h4H,5H2,1-3H3,(H2,14,18)(H,15,17). The molecule has 18 heavy (non-hydrogen) atoms. The van der Waals surface area contributed by atoms with E-state index in [9.17, 15) is 9.59 Å². The molecule has 5 nitrogen and oxygen atoms in total. The number of aromatic nitrogens is 1. The van der Waals surface area contributed by atoms with Crippen LogP contribution in [0.4, 0.5) is 0 Å². The number of hydrogen-bond donors (Lipinski definition) is 2. The average Bonchev–Trinajstić information content (AvgIpc) is 2.54. The fraction of sp³-hybridized carbons (Fsp3) is 0.455. The largest absolute Gasteiger partial charge is 0.369 e. The Morgan fingerprint density at radius 1 is 1.44 bits per heavy atom. The zero-order valence-electron chi connectivity index (χ0n) is 10.4. The lowest BCUT2D eigenvalue weighted by atomic mass is 9.93. The molecule has 0 aliphatic heterocycles. The Balaban J connectivity index is 2.78. The maximum Gasteiger partial charge on any atom is 0.268 e. The lowest BCUT2D eigenvalue weighted by Crippen LogP contribution is -2.42. The molecule has 0 aromatic carbocycles. The molecule has 0 saturated heterocycles. The minimum absolute atomic E-state index is 0.140. The molecular formula is C11H15Cl2N3O2. The van der Waals surface area contributed by atoms with Crippen LogP contribution in [-0.4, -0.2) is 22.9 Å². The first-order chi connectivity index (χ1) is 8.16. The number of carbonyl (C=O) groups is 2. The van der Waals surface area contributed by atoms with E-state index in [2.05, 4.69) is 5.32 Å². The molecule has 3 N–H and O–H groups in total. The molecule has 2 amide bonds. The van der Waals surface area contributed by atoms with E-state index in [-0.39, 0.29) is 17.6 Å². The molecule has 0 atom stereocenters. The molecule has 1 aromatic rings. The normalized spacial score (nSPS) is 11.4. The fourth-order valence-corrected chi connectivity index (χ4v) is 1.61. The number of primary amides is 1. The highest BCUT2D eigenvalue weighted by Gasteiger charge is 2.26. The van der Waals surface area contributed by atoms with Crippen molar-refractivity contribution in [3.63, 3.8) is 0 Å². The maximum atomic E-state index is 11.9. The number of nitrogens with zero attached hydrogens (tertiary/aromatic N) is 1. The van der Waals surface area contributed by atoms with Crippen LogP contribution in [0, 0.1) is 5.41 Å². The van der Waals surface area contributed by atoms with Gasteiger partial charge in [-0.25, -0.2) is 0 Å². The van der Waals surface area contributed by atoms with Gasteiger partial charge >= 0.3 is 0 Å². The van der Waals surface area contributed by atoms with Crippen molar-refractivity contribution in [3.05, 3.63) is 21.9 Å². The zero-order valence-corrected chi connectivity index (χ0v) is 11.9. The summed E-state index contributed by atoms with van der Waals surface area (Å²) in [4.78, 5) is 23.0. The van der Waals surface area contributed by atoms with Crippen molar-refractivity contribution < 1.29 is 9.59 Å². The summed E-state index contributed by atoms with van der Waals surface area (Å²) in [5, 5.41) is 3.22. The summed E-state index contributed by atoms with van der Waals surface area (Å²) in [5.41, 5.74) is 4.73. The van der Waals surface area contributed by atoms with Crippen LogP contribution in [0.25, 0.3) is 0 Å². The van der Waals surface area contributed by atoms with Gasteiger partial charge in [-0.2, -0.15) is 0 Å². The van der Waals surface area contributed by atoms with Crippen LogP contribution in [0.15, 0.2) is 6.07 Å². The third kappa shape index (κ3) is 2.97. The summed E-state index contributed by atoms with van der Waals surface area (Å²) in [5.74, 6) is -0.841. The highest BCUT2D eigenvalue weighted by atomic mass is 35.5. The Morgan fingerprint density at radius 2 is 2.00 bits per heavy atom. The number of nitrogens with two attached hydrogens (primary N) is 1. The van der Waals surface area contributed by atoms with Gasteiger partial charge in [-0.05, 0) is 19.9 Å². The Bertz CT molecular complexity index is 495. The SMILES string of the molecule is Cn1c(C(=O)NCC(C)(C)C(N)=O)cc(Cl)c1Cl. The van der Waals surface area contributed by atoms with Gasteiger partial charge in [0.15, 0.2) is 0 Å². The molecular weight excluding hydrogens is 277 g/mol. The molecule has 7 heteroatoms. The molecule has 0 unspecified atom stereocenters. The molecule has 0 bridgehead atoms. The number of nitrogens with one attached hydrogen (secondary N) is 1. The van der Waals surface area contributed by atoms with Crippen molar-refractivity contribution in [2.45, 2.75) is 13.8 Å². The molecule has 0 saturated carbocycles. The van der Waals surface area contributed by atoms with Crippen LogP contribution in [0.5, 0.6) is 0 Å². The van der Waals surface area contributed by atoms with Crippen molar-refractivity contribution in [1.82, 2.24) is 9.88 Å². The second-order valence-corrected chi connectivity index (χ2v) is 5.42. The predicted molar refractivity (Wildman–Crippen MR) is 70.7 cm³/mol. The number of halogens is 2. The summed E-state index contributed by atoms with van der Waals surface area (Å²) >= 11 is 11.7. The number of rotatable bonds is 4. The van der Waals surface area contributed by atoms with Crippen LogP contribution >= 0.6 is 23.2 Å². The summed E-state index contributed by atoms with van der Waals surface area (Å²) in [6, 6.07) is 1.47. The number of amides is 2. The predicted octanol–water partition coefficient (Wildman–Crippen LogP) is 1.57. The van der Waals surface area contributed by atoms with Gasteiger partial charge in [0, 0.05) is 13.6 Å². The second-order valence-electron chi connectivity index (χ2n) is 4.66. The van der Waals surface area contributed by atoms with Crippen LogP contribution in [-0.2, 0) is 11.8 Å². The first kappa shape index (κ1) is 14.9. The smallest absolute Gasteiger partial charge is 0.268 e. The summed E-state index contributed by atoms with van der Waals surface area (Å²) in [6.07, 6.45) is 0. The van der Waals surface area contributed by atoms with E-state index >= 15 is 0 Å². The van der Waals surface area contributed by atoms with E-state index in [1.165, 1.54) is 10.6 Å². The Kier molecular flexibility index (Phi) is 4.29. The maximum absolute atomic E-state index is 11.9. The second kappa shape index (κ2) is 5.20. The van der Waals surface area contributed by atoms with Crippen LogP contribution in [0.2, 0.25) is 10.2 Å². The minimum Gasteiger partial charge on any atom is -0.369 e. The molecule has 0 radical (unpaired) electrons. The molecule has 0 aliphatic rings. The third-order valence-corrected chi connectivity index (χ3v) is 3.55. The van der Waals surface area contributed by atoms with Gasteiger partial charge in [0.1, 0.15) is 10.8 Å². The molecule has 1 rings (SSSR count). The van der Waals surface area contributed by atoms with Gasteiger partial charge in [0.05, 0.1) is 10.4 Å². The Hall–Kier alpha value is -1.20. The van der Waals surface area contributed by atoms with Crippen LogP contribution in [0.3, 0.4) is 0 Å². The van der Waals surface area contributed by atoms with E-state index in [0.29, 0.717) is 10.7 Å². The fourth-order valence-electron chi connectivity index (χ4n) is 1.24. The molecule has 100 valence electrons. The van der Waals surface area contributed by atoms with Crippen molar-refractivity contribution in [2.24, 2.45) is 18.2 Å². The van der Waals surface area contributed by atoms with Gasteiger partial charge < -0.3 is 15.6 Å². The topological polar surface area (TPSA) is 77.1 Å². The zero-order chi connectivity index (χ0) is 14.1. The van der Waals surface area contributed by atoms with Gasteiger partial charge in [-0.15, -0.1) is 0 Å². The van der Waals surface area contributed by atoms with Crippen molar-refractivity contribution in [2.75, 3.05) is 6.54 Å². The lowest BCUT2D eigenvalue weighted by Gasteiger charge is -2.20. The molecule has 1 aromatic heterocycles. The first-order valence-corrected chi connectivity index (χ1v) is 6.01. The van der Waals surface area contributed by atoms with Crippen molar-refractivity contribution >= 4 is 35.0 Å². The Labute approximate surface area is 115 Å². The van der Waals surface area contributed by atoms with Gasteiger partial charge in [0.2, 0.25) is 5.91 Å². The van der Waals surface area contributed by atoms with Gasteiger partial charge in [-0.1, -0.05) is 23.2 Å². The summed E-state index contributed by atoms with van der Waals surface area (Å²) < 4.78 is 1.47. The average molecular weight is 292 g/mol. The summed E-state index contributed by atoms with van der Waals surface area (Å²) in [7, 11) is 1.63. The van der Waals surface area contributed by atoms with Crippen LogP contribution in [0.1, 0.15) is 24.3 Å². The minimum atomic E-state index is -0.811. The van der Waals surface area contributed by atoms with E-state index in [4.69, 9.17) is 28.9 Å². The number of carbonyl (C=O) groups excluding carboxylic acids is 2. The van der Waals surface area contributed by atoms with Gasteiger partial charge in [0.25, 0.3) is 5.91 Å². The summed E-state index contributed by atoms with van der Waals surface area (Å²) in [6.45, 7) is 3.45. The van der Waals surface area contributed by atoms with Crippen molar-refractivity contribution in [3.8, 4) is 0 Å². The van der Waals surface area contributed by atoms with Crippen LogP contribution < -0.4 is 11.1 Å². The van der Waals surface area contributed by atoms with E-state index in [1.54, 1.807) is 20.9 Å². The van der Waals surface area contributed by atoms with E-state index in [0.717, 1.165) is 0 Å². The Morgan fingerprint density at radius 3 is 2.39 bits per heavy atom. The molecule has 0 aliphatic carbocycles. The first-order valence-electron chi connectivity index (χ1n) is 5.25. The highest BCUT2D eigenvalue weighted by molar-refractivity contribution is 6.41. The van der Waals surface area contributed by atoms with E-state index < -0.39 is 11.3 Å². The van der Waals surface area contributed by atoms with E-state index in [1.807, 2.05) is 0 Å². The lowest BCUT2D eigenvalue weighted by molar-refractivity contribution is -0.125. The highest BCUT2D eigenvalue weighted by Crippen LogP contribution is 2.25. The van der Waals surface area contributed by atoms with Gasteiger partial charge in [-0.3, -0.25) is 9.59 Å². The molecule has 0 spiro atoms. The quantitative estimate of drug-likeness (QED) is 0.883. The molecule has 1 heterocycles.